The van der Waals surface area contributed by atoms with Crippen molar-refractivity contribution in [2.45, 2.75) is 20.3 Å². The van der Waals surface area contributed by atoms with Crippen molar-refractivity contribution in [1.82, 2.24) is 0 Å². The molecule has 0 aliphatic heterocycles. The van der Waals surface area contributed by atoms with Crippen molar-refractivity contribution >= 4 is 17.4 Å². The molecule has 3 nitrogen and oxygen atoms in total. The van der Waals surface area contributed by atoms with Crippen molar-refractivity contribution in [3.8, 4) is 0 Å². The van der Waals surface area contributed by atoms with Crippen LogP contribution in [0.1, 0.15) is 20.3 Å². The maximum absolute atomic E-state index is 12.6. The van der Waals surface area contributed by atoms with Gasteiger partial charge < -0.3 is 4.74 Å². The van der Waals surface area contributed by atoms with Crippen LogP contribution in [0.25, 0.3) is 0 Å². The van der Waals surface area contributed by atoms with E-state index in [1.807, 2.05) is 0 Å². The highest BCUT2D eigenvalue weighted by atomic mass is 19.1. The Morgan fingerprint density at radius 1 is 1.38 bits per heavy atom. The van der Waals surface area contributed by atoms with Gasteiger partial charge in [-0.05, 0) is 38.1 Å². The standard InChI is InChI=1S/C12H14FNO2/c1-3-16-12(15)8-9(2)14-11-6-4-10(13)5-7-11/h4-7H,3,8H2,1-2H3. The van der Waals surface area contributed by atoms with E-state index in [-0.39, 0.29) is 18.2 Å². The van der Waals surface area contributed by atoms with Crippen molar-refractivity contribution in [3.05, 3.63) is 30.1 Å². The van der Waals surface area contributed by atoms with Crippen LogP contribution in [-0.4, -0.2) is 18.3 Å². The minimum absolute atomic E-state index is 0.158. The summed E-state index contributed by atoms with van der Waals surface area (Å²) in [5.74, 6) is -0.604. The summed E-state index contributed by atoms with van der Waals surface area (Å²) < 4.78 is 17.4. The molecule has 0 spiro atoms. The Bertz CT molecular complexity index is 385. The number of ether oxygens (including phenoxy) is 1. The third kappa shape index (κ3) is 4.21. The van der Waals surface area contributed by atoms with Gasteiger partial charge >= 0.3 is 5.97 Å². The molecule has 0 atom stereocenters. The van der Waals surface area contributed by atoms with Gasteiger partial charge in [0.05, 0.1) is 18.7 Å². The predicted molar refractivity (Wildman–Crippen MR) is 60.4 cm³/mol. The molecule has 0 saturated carbocycles. The van der Waals surface area contributed by atoms with E-state index in [1.54, 1.807) is 26.0 Å². The van der Waals surface area contributed by atoms with E-state index >= 15 is 0 Å². The van der Waals surface area contributed by atoms with Crippen LogP contribution in [0.2, 0.25) is 0 Å². The van der Waals surface area contributed by atoms with Gasteiger partial charge in [-0.25, -0.2) is 4.39 Å². The van der Waals surface area contributed by atoms with Crippen LogP contribution in [0.3, 0.4) is 0 Å². The lowest BCUT2D eigenvalue weighted by atomic mass is 10.2. The molecule has 4 heteroatoms. The van der Waals surface area contributed by atoms with Crippen molar-refractivity contribution in [2.75, 3.05) is 6.61 Å². The molecular weight excluding hydrogens is 209 g/mol. The second-order valence-electron chi connectivity index (χ2n) is 3.31. The van der Waals surface area contributed by atoms with Crippen molar-refractivity contribution in [2.24, 2.45) is 4.99 Å². The summed E-state index contributed by atoms with van der Waals surface area (Å²) in [7, 11) is 0. The lowest BCUT2D eigenvalue weighted by Crippen LogP contribution is -2.08. The molecule has 1 rings (SSSR count). The number of esters is 1. The number of rotatable bonds is 4. The Morgan fingerprint density at radius 3 is 2.56 bits per heavy atom. The van der Waals surface area contributed by atoms with Crippen LogP contribution >= 0.6 is 0 Å². The topological polar surface area (TPSA) is 38.7 Å². The monoisotopic (exact) mass is 223 g/mol. The zero-order valence-corrected chi connectivity index (χ0v) is 9.37. The van der Waals surface area contributed by atoms with Gasteiger partial charge in [-0.1, -0.05) is 0 Å². The van der Waals surface area contributed by atoms with Crippen LogP contribution in [-0.2, 0) is 9.53 Å². The minimum atomic E-state index is -0.304. The lowest BCUT2D eigenvalue weighted by Gasteiger charge is -2.01. The highest BCUT2D eigenvalue weighted by Crippen LogP contribution is 2.13. The van der Waals surface area contributed by atoms with E-state index in [2.05, 4.69) is 4.99 Å². The van der Waals surface area contributed by atoms with Crippen LogP contribution in [0, 0.1) is 5.82 Å². The van der Waals surface area contributed by atoms with Gasteiger partial charge in [-0.2, -0.15) is 0 Å². The summed E-state index contributed by atoms with van der Waals surface area (Å²) in [5.41, 5.74) is 1.27. The zero-order chi connectivity index (χ0) is 12.0. The van der Waals surface area contributed by atoms with Gasteiger partial charge in [0.25, 0.3) is 0 Å². The SMILES string of the molecule is CCOC(=O)CC(C)=Nc1ccc(F)cc1. The van der Waals surface area contributed by atoms with E-state index in [0.29, 0.717) is 18.0 Å². The van der Waals surface area contributed by atoms with E-state index in [1.165, 1.54) is 12.1 Å². The molecule has 0 radical (unpaired) electrons. The van der Waals surface area contributed by atoms with Crippen LogP contribution in [0.4, 0.5) is 10.1 Å². The molecule has 0 aromatic heterocycles. The summed E-state index contributed by atoms with van der Waals surface area (Å²) in [6.45, 7) is 3.85. The van der Waals surface area contributed by atoms with Crippen LogP contribution < -0.4 is 0 Å². The zero-order valence-electron chi connectivity index (χ0n) is 9.37. The minimum Gasteiger partial charge on any atom is -0.466 e. The average molecular weight is 223 g/mol. The van der Waals surface area contributed by atoms with E-state index < -0.39 is 0 Å². The van der Waals surface area contributed by atoms with E-state index in [9.17, 15) is 9.18 Å². The number of aliphatic imine (C=N–C) groups is 1. The van der Waals surface area contributed by atoms with Gasteiger partial charge in [0.2, 0.25) is 0 Å². The summed E-state index contributed by atoms with van der Waals surface area (Å²) in [5, 5.41) is 0. The first-order valence-electron chi connectivity index (χ1n) is 5.07. The summed E-state index contributed by atoms with van der Waals surface area (Å²) in [6, 6.07) is 5.78. The summed E-state index contributed by atoms with van der Waals surface area (Å²) in [6.07, 6.45) is 0.158. The summed E-state index contributed by atoms with van der Waals surface area (Å²) >= 11 is 0. The Labute approximate surface area is 94.0 Å². The van der Waals surface area contributed by atoms with Gasteiger partial charge in [-0.3, -0.25) is 9.79 Å². The van der Waals surface area contributed by atoms with Gasteiger partial charge in [0, 0.05) is 5.71 Å². The maximum Gasteiger partial charge on any atom is 0.311 e. The summed E-state index contributed by atoms with van der Waals surface area (Å²) in [4.78, 5) is 15.3. The number of carbonyl (C=O) groups is 1. The van der Waals surface area contributed by atoms with Gasteiger partial charge in [0.15, 0.2) is 0 Å². The molecule has 0 fully saturated rings. The Balaban J connectivity index is 2.62. The fourth-order valence-corrected chi connectivity index (χ4v) is 1.20. The van der Waals surface area contributed by atoms with Crippen molar-refractivity contribution < 1.29 is 13.9 Å². The van der Waals surface area contributed by atoms with Crippen molar-refractivity contribution in [1.29, 1.82) is 0 Å². The fourth-order valence-electron chi connectivity index (χ4n) is 1.20. The fraction of sp³-hybridized carbons (Fsp3) is 0.333. The maximum atomic E-state index is 12.6. The number of hydrogen-bond acceptors (Lipinski definition) is 3. The first-order valence-corrected chi connectivity index (χ1v) is 5.07. The molecule has 0 amide bonds. The quantitative estimate of drug-likeness (QED) is 0.581. The molecule has 0 unspecified atom stereocenters. The second kappa shape index (κ2) is 6.00. The predicted octanol–water partition coefficient (Wildman–Crippen LogP) is 2.87. The number of carbonyl (C=O) groups excluding carboxylic acids is 1. The van der Waals surface area contributed by atoms with Crippen molar-refractivity contribution in [3.63, 3.8) is 0 Å². The number of nitrogens with zero attached hydrogens (tertiary/aromatic N) is 1. The first-order chi connectivity index (χ1) is 7.61. The number of benzene rings is 1. The first kappa shape index (κ1) is 12.4. The molecule has 16 heavy (non-hydrogen) atoms. The van der Waals surface area contributed by atoms with Gasteiger partial charge in [0.1, 0.15) is 5.82 Å². The van der Waals surface area contributed by atoms with E-state index in [0.717, 1.165) is 0 Å². The third-order valence-corrected chi connectivity index (χ3v) is 1.85. The molecule has 0 saturated heterocycles. The Kier molecular flexibility index (Phi) is 4.64. The largest absolute Gasteiger partial charge is 0.466 e. The second-order valence-corrected chi connectivity index (χ2v) is 3.31. The molecule has 86 valence electrons. The Morgan fingerprint density at radius 2 is 2.00 bits per heavy atom. The Hall–Kier alpha value is -1.71. The third-order valence-electron chi connectivity index (χ3n) is 1.85. The lowest BCUT2D eigenvalue weighted by molar-refractivity contribution is -0.141. The molecular formula is C12H14FNO2. The highest BCUT2D eigenvalue weighted by molar-refractivity contribution is 5.98. The normalized spacial score (nSPS) is 11.3. The van der Waals surface area contributed by atoms with Crippen LogP contribution in [0.15, 0.2) is 29.3 Å². The smallest absolute Gasteiger partial charge is 0.311 e. The molecule has 0 heterocycles. The molecule has 1 aromatic carbocycles. The molecule has 1 aromatic rings. The number of hydrogen-bond donors (Lipinski definition) is 0. The van der Waals surface area contributed by atoms with Crippen LogP contribution in [0.5, 0.6) is 0 Å². The molecule has 0 N–H and O–H groups in total. The highest BCUT2D eigenvalue weighted by Gasteiger charge is 2.03. The van der Waals surface area contributed by atoms with Gasteiger partial charge in [-0.15, -0.1) is 0 Å². The van der Waals surface area contributed by atoms with E-state index in [4.69, 9.17) is 4.74 Å². The average Bonchev–Trinajstić information content (AvgIpc) is 2.21. The molecule has 0 aliphatic rings. The number of halogens is 1. The molecule has 0 bridgehead atoms. The molecule has 0 aliphatic carbocycles.